The van der Waals surface area contributed by atoms with Gasteiger partial charge in [-0.25, -0.2) is 14.8 Å². The summed E-state index contributed by atoms with van der Waals surface area (Å²) in [7, 11) is 0. The second kappa shape index (κ2) is 11.8. The monoisotopic (exact) mass is 501 g/mol. The Morgan fingerprint density at radius 3 is 2.35 bits per heavy atom. The Labute approximate surface area is 200 Å². The maximum Gasteiger partial charge on any atom is 0.490 e. The van der Waals surface area contributed by atoms with Crippen molar-refractivity contribution < 1.29 is 28.2 Å². The van der Waals surface area contributed by atoms with Gasteiger partial charge in [0, 0.05) is 36.9 Å². The number of halogens is 4. The highest BCUT2D eigenvalue weighted by Crippen LogP contribution is 2.21. The number of aromatic nitrogens is 2. The van der Waals surface area contributed by atoms with Gasteiger partial charge in [-0.2, -0.15) is 13.2 Å². The largest absolute Gasteiger partial charge is 0.490 e. The third kappa shape index (κ3) is 7.79. The number of benzene rings is 1. The number of nitrogens with one attached hydrogen (secondary N) is 1. The van der Waals surface area contributed by atoms with Gasteiger partial charge in [-0.15, -0.1) is 0 Å². The molecule has 2 saturated heterocycles. The molecule has 0 unspecified atom stereocenters. The van der Waals surface area contributed by atoms with Crippen LogP contribution in [0.25, 0.3) is 0 Å². The van der Waals surface area contributed by atoms with Crippen molar-refractivity contribution in [2.24, 2.45) is 0 Å². The van der Waals surface area contributed by atoms with Crippen LogP contribution in [0.15, 0.2) is 42.9 Å². The summed E-state index contributed by atoms with van der Waals surface area (Å²) in [5, 5.41) is 22.0. The maximum atomic E-state index is 10.6. The summed E-state index contributed by atoms with van der Waals surface area (Å²) < 4.78 is 31.7. The van der Waals surface area contributed by atoms with Crippen LogP contribution in [-0.4, -0.2) is 81.6 Å². The molecule has 0 radical (unpaired) electrons. The highest BCUT2D eigenvalue weighted by Gasteiger charge is 2.38. The van der Waals surface area contributed by atoms with E-state index in [1.165, 1.54) is 5.56 Å². The summed E-state index contributed by atoms with van der Waals surface area (Å²) in [4.78, 5) is 21.8. The van der Waals surface area contributed by atoms with Gasteiger partial charge in [0.05, 0.1) is 12.1 Å². The quantitative estimate of drug-likeness (QED) is 0.574. The number of anilines is 1. The van der Waals surface area contributed by atoms with E-state index in [-0.39, 0.29) is 12.1 Å². The van der Waals surface area contributed by atoms with Crippen LogP contribution in [0.3, 0.4) is 0 Å². The fourth-order valence-corrected chi connectivity index (χ4v) is 4.14. The summed E-state index contributed by atoms with van der Waals surface area (Å²) in [6, 6.07) is 10.5. The van der Waals surface area contributed by atoms with Crippen LogP contribution in [0.4, 0.5) is 19.0 Å². The molecule has 2 fully saturated rings. The van der Waals surface area contributed by atoms with Gasteiger partial charge in [-0.3, -0.25) is 4.90 Å². The number of carbonyl (C=O) groups is 1. The molecule has 1 aromatic heterocycles. The standard InChI is InChI=1S/C20H26ClN5O.C2HF3O2/c21-16-3-1-15(2-4-16)11-25-9-6-17(7-10-25)24-18-12-26(13-19(18)27)20-5-8-22-14-23-20;3-2(4,5)1(6)7/h1-5,8,14,17-19,24,27H,6-7,9-13H2;(H,6,7)/t18-,19-;/m1./s1. The Kier molecular flexibility index (Phi) is 9.06. The lowest BCUT2D eigenvalue weighted by Gasteiger charge is -2.34. The molecule has 1 aromatic carbocycles. The number of piperidine rings is 1. The number of rotatable bonds is 5. The number of likely N-dealkylation sites (tertiary alicyclic amines) is 1. The molecule has 4 rings (SSSR count). The van der Waals surface area contributed by atoms with Crippen LogP contribution in [0, 0.1) is 0 Å². The molecule has 2 aromatic rings. The first-order chi connectivity index (χ1) is 16.1. The Balaban J connectivity index is 0.000000406. The van der Waals surface area contributed by atoms with Crippen LogP contribution < -0.4 is 10.2 Å². The van der Waals surface area contributed by atoms with Crippen molar-refractivity contribution in [3.8, 4) is 0 Å². The van der Waals surface area contributed by atoms with Crippen molar-refractivity contribution in [1.29, 1.82) is 0 Å². The lowest BCUT2D eigenvalue weighted by molar-refractivity contribution is -0.192. The van der Waals surface area contributed by atoms with Crippen molar-refractivity contribution in [1.82, 2.24) is 20.2 Å². The average Bonchev–Trinajstić information content (AvgIpc) is 3.17. The number of hydrogen-bond acceptors (Lipinski definition) is 7. The van der Waals surface area contributed by atoms with Crippen LogP contribution in [-0.2, 0) is 11.3 Å². The van der Waals surface area contributed by atoms with Gasteiger partial charge in [0.15, 0.2) is 0 Å². The van der Waals surface area contributed by atoms with Gasteiger partial charge in [-0.1, -0.05) is 23.7 Å². The minimum atomic E-state index is -5.08. The molecule has 2 aliphatic rings. The predicted molar refractivity (Wildman–Crippen MR) is 121 cm³/mol. The van der Waals surface area contributed by atoms with Crippen LogP contribution in [0.2, 0.25) is 5.02 Å². The summed E-state index contributed by atoms with van der Waals surface area (Å²) in [5.74, 6) is -1.88. The average molecular weight is 502 g/mol. The molecule has 0 amide bonds. The Bertz CT molecular complexity index is 912. The third-order valence-electron chi connectivity index (χ3n) is 5.78. The molecule has 0 saturated carbocycles. The lowest BCUT2D eigenvalue weighted by atomic mass is 10.0. The fourth-order valence-electron chi connectivity index (χ4n) is 4.02. The van der Waals surface area contributed by atoms with Gasteiger partial charge >= 0.3 is 12.1 Å². The van der Waals surface area contributed by atoms with E-state index in [9.17, 15) is 18.3 Å². The van der Waals surface area contributed by atoms with E-state index in [1.54, 1.807) is 12.5 Å². The SMILES string of the molecule is O=C(O)C(F)(F)F.O[C@@H]1CN(c2ccncn2)C[C@H]1NC1CCN(Cc2ccc(Cl)cc2)CC1. The Hall–Kier alpha value is -2.47. The predicted octanol–water partition coefficient (Wildman–Crippen LogP) is 2.57. The van der Waals surface area contributed by atoms with Crippen molar-refractivity contribution in [2.75, 3.05) is 31.1 Å². The number of aliphatic hydroxyl groups is 1. The van der Waals surface area contributed by atoms with Gasteiger partial charge < -0.3 is 20.4 Å². The number of carboxylic acids is 1. The molecule has 2 atom stereocenters. The number of aliphatic carboxylic acids is 1. The van der Waals surface area contributed by atoms with Gasteiger partial charge in [0.1, 0.15) is 12.1 Å². The fraction of sp³-hybridized carbons (Fsp3) is 0.500. The zero-order chi connectivity index (χ0) is 24.7. The van der Waals surface area contributed by atoms with Crippen LogP contribution in [0.1, 0.15) is 18.4 Å². The molecular formula is C22H27ClF3N5O3. The van der Waals surface area contributed by atoms with Gasteiger partial charge in [0.2, 0.25) is 0 Å². The van der Waals surface area contributed by atoms with Crippen molar-refractivity contribution in [3.63, 3.8) is 0 Å². The van der Waals surface area contributed by atoms with E-state index in [0.29, 0.717) is 12.6 Å². The smallest absolute Gasteiger partial charge is 0.475 e. The van der Waals surface area contributed by atoms with E-state index in [2.05, 4.69) is 37.2 Å². The number of nitrogens with zero attached hydrogens (tertiary/aromatic N) is 4. The zero-order valence-electron chi connectivity index (χ0n) is 18.3. The molecule has 0 spiro atoms. The number of aliphatic hydroxyl groups excluding tert-OH is 1. The molecule has 34 heavy (non-hydrogen) atoms. The van der Waals surface area contributed by atoms with Gasteiger partial charge in [0.25, 0.3) is 0 Å². The number of carboxylic acid groups (broad SMARTS) is 1. The van der Waals surface area contributed by atoms with E-state index in [4.69, 9.17) is 21.5 Å². The number of alkyl halides is 3. The number of hydrogen-bond donors (Lipinski definition) is 3. The highest BCUT2D eigenvalue weighted by atomic mass is 35.5. The zero-order valence-corrected chi connectivity index (χ0v) is 19.1. The number of β-amino-alcohol motifs (C(OH)–C–C–N with tert-alkyl or cyclic N) is 1. The topological polar surface area (TPSA) is 102 Å². The molecule has 8 nitrogen and oxygen atoms in total. The minimum absolute atomic E-state index is 0.0905. The molecule has 0 aliphatic carbocycles. The summed E-state index contributed by atoms with van der Waals surface area (Å²) in [6.07, 6.45) is 0.0476. The third-order valence-corrected chi connectivity index (χ3v) is 6.03. The molecule has 3 N–H and O–H groups in total. The first-order valence-corrected chi connectivity index (χ1v) is 11.2. The van der Waals surface area contributed by atoms with Crippen LogP contribution >= 0.6 is 11.6 Å². The first-order valence-electron chi connectivity index (χ1n) is 10.8. The van der Waals surface area contributed by atoms with Crippen molar-refractivity contribution in [3.05, 3.63) is 53.4 Å². The van der Waals surface area contributed by atoms with E-state index < -0.39 is 12.1 Å². The van der Waals surface area contributed by atoms with Crippen molar-refractivity contribution >= 4 is 23.4 Å². The second-order valence-corrected chi connectivity index (χ2v) is 8.73. The first kappa shape index (κ1) is 26.1. The summed E-state index contributed by atoms with van der Waals surface area (Å²) >= 11 is 5.96. The molecule has 186 valence electrons. The highest BCUT2D eigenvalue weighted by molar-refractivity contribution is 6.30. The molecular weight excluding hydrogens is 475 g/mol. The Morgan fingerprint density at radius 1 is 1.15 bits per heavy atom. The van der Waals surface area contributed by atoms with Gasteiger partial charge in [-0.05, 0) is 49.7 Å². The minimum Gasteiger partial charge on any atom is -0.475 e. The summed E-state index contributed by atoms with van der Waals surface area (Å²) in [6.45, 7) is 4.50. The van der Waals surface area contributed by atoms with Crippen molar-refractivity contribution in [2.45, 2.75) is 43.8 Å². The van der Waals surface area contributed by atoms with E-state index >= 15 is 0 Å². The maximum absolute atomic E-state index is 10.6. The van der Waals surface area contributed by atoms with E-state index in [0.717, 1.165) is 49.9 Å². The van der Waals surface area contributed by atoms with E-state index in [1.807, 2.05) is 18.2 Å². The Morgan fingerprint density at radius 2 is 1.79 bits per heavy atom. The normalized spacial score (nSPS) is 21.7. The molecule has 0 bridgehead atoms. The van der Waals surface area contributed by atoms with Crippen LogP contribution in [0.5, 0.6) is 0 Å². The second-order valence-electron chi connectivity index (χ2n) is 8.29. The lowest BCUT2D eigenvalue weighted by Crippen LogP contribution is -2.49. The molecule has 3 heterocycles. The molecule has 2 aliphatic heterocycles. The molecule has 12 heteroatoms. The summed E-state index contributed by atoms with van der Waals surface area (Å²) in [5.41, 5.74) is 1.30.